The standard InChI is InChI=1S/C13H14N4O4/c18-9-3-1-2-8(14-9)10(19)17-6-4-13(5-7-17)11(20)15-12(21)16-13/h1-3H,4-7H2,(H,14,18)(H2,15,16,20,21). The van der Waals surface area contributed by atoms with E-state index >= 15 is 0 Å². The molecular formula is C13H14N4O4. The molecule has 0 radical (unpaired) electrons. The molecule has 1 aromatic heterocycles. The van der Waals surface area contributed by atoms with E-state index in [-0.39, 0.29) is 23.1 Å². The first-order chi connectivity index (χ1) is 10.00. The average Bonchev–Trinajstić information content (AvgIpc) is 2.73. The lowest BCUT2D eigenvalue weighted by Crippen LogP contribution is -2.55. The van der Waals surface area contributed by atoms with Gasteiger partial charge in [0.05, 0.1) is 0 Å². The Morgan fingerprint density at radius 1 is 1.14 bits per heavy atom. The number of nitrogens with one attached hydrogen (secondary N) is 3. The molecule has 2 aliphatic heterocycles. The number of hydrogen-bond acceptors (Lipinski definition) is 4. The van der Waals surface area contributed by atoms with E-state index in [2.05, 4.69) is 15.6 Å². The zero-order valence-corrected chi connectivity index (χ0v) is 11.1. The van der Waals surface area contributed by atoms with Crippen molar-refractivity contribution in [3.8, 4) is 0 Å². The Bertz CT molecular complexity index is 673. The first-order valence-corrected chi connectivity index (χ1v) is 6.62. The van der Waals surface area contributed by atoms with E-state index in [1.54, 1.807) is 4.90 Å². The molecule has 21 heavy (non-hydrogen) atoms. The van der Waals surface area contributed by atoms with Gasteiger partial charge in [-0.1, -0.05) is 6.07 Å². The molecule has 0 aromatic carbocycles. The summed E-state index contributed by atoms with van der Waals surface area (Å²) >= 11 is 0. The number of hydrogen-bond donors (Lipinski definition) is 3. The Labute approximate surface area is 119 Å². The van der Waals surface area contributed by atoms with Gasteiger partial charge in [0.1, 0.15) is 11.2 Å². The number of pyridine rings is 1. The summed E-state index contributed by atoms with van der Waals surface area (Å²) in [6.07, 6.45) is 0.709. The molecule has 2 fully saturated rings. The van der Waals surface area contributed by atoms with Gasteiger partial charge in [0.15, 0.2) is 0 Å². The zero-order chi connectivity index (χ0) is 15.0. The summed E-state index contributed by atoms with van der Waals surface area (Å²) in [5, 5.41) is 4.85. The largest absolute Gasteiger partial charge is 0.337 e. The molecule has 0 unspecified atom stereocenters. The highest BCUT2D eigenvalue weighted by molar-refractivity contribution is 6.07. The molecule has 0 saturated carbocycles. The van der Waals surface area contributed by atoms with E-state index in [0.717, 1.165) is 0 Å². The van der Waals surface area contributed by atoms with Gasteiger partial charge in [-0.3, -0.25) is 19.7 Å². The first-order valence-electron chi connectivity index (χ1n) is 6.62. The summed E-state index contributed by atoms with van der Waals surface area (Å²) in [7, 11) is 0. The lowest BCUT2D eigenvalue weighted by molar-refractivity contribution is -0.125. The average molecular weight is 290 g/mol. The number of aromatic amines is 1. The molecule has 1 spiro atoms. The second kappa shape index (κ2) is 4.72. The fourth-order valence-corrected chi connectivity index (χ4v) is 2.71. The Balaban J connectivity index is 1.71. The number of rotatable bonds is 1. The van der Waals surface area contributed by atoms with Gasteiger partial charge in [0, 0.05) is 19.2 Å². The number of amides is 4. The van der Waals surface area contributed by atoms with E-state index in [1.165, 1.54) is 18.2 Å². The van der Waals surface area contributed by atoms with Crippen LogP contribution < -0.4 is 16.2 Å². The smallest absolute Gasteiger partial charge is 0.322 e. The predicted molar refractivity (Wildman–Crippen MR) is 71.6 cm³/mol. The van der Waals surface area contributed by atoms with Crippen LogP contribution in [0.25, 0.3) is 0 Å². The van der Waals surface area contributed by atoms with Crippen LogP contribution in [-0.2, 0) is 4.79 Å². The van der Waals surface area contributed by atoms with Crippen molar-refractivity contribution in [1.82, 2.24) is 20.5 Å². The molecule has 1 aromatic rings. The number of urea groups is 1. The molecule has 2 saturated heterocycles. The number of aromatic nitrogens is 1. The van der Waals surface area contributed by atoms with Crippen LogP contribution in [0, 0.1) is 0 Å². The number of piperidine rings is 1. The first kappa shape index (κ1) is 13.3. The van der Waals surface area contributed by atoms with E-state index in [4.69, 9.17) is 0 Å². The molecule has 3 heterocycles. The van der Waals surface area contributed by atoms with Crippen LogP contribution in [0.1, 0.15) is 23.3 Å². The monoisotopic (exact) mass is 290 g/mol. The van der Waals surface area contributed by atoms with Crippen LogP contribution in [0.4, 0.5) is 4.79 Å². The van der Waals surface area contributed by atoms with E-state index in [0.29, 0.717) is 25.9 Å². The zero-order valence-electron chi connectivity index (χ0n) is 11.1. The van der Waals surface area contributed by atoms with Crippen molar-refractivity contribution < 1.29 is 14.4 Å². The van der Waals surface area contributed by atoms with Crippen LogP contribution in [0.15, 0.2) is 23.0 Å². The molecule has 0 aliphatic carbocycles. The van der Waals surface area contributed by atoms with Crippen molar-refractivity contribution in [2.24, 2.45) is 0 Å². The number of imide groups is 1. The minimum absolute atomic E-state index is 0.221. The maximum Gasteiger partial charge on any atom is 0.322 e. The van der Waals surface area contributed by atoms with Gasteiger partial charge >= 0.3 is 6.03 Å². The molecule has 4 amide bonds. The minimum atomic E-state index is -0.905. The topological polar surface area (TPSA) is 111 Å². The van der Waals surface area contributed by atoms with E-state index < -0.39 is 11.6 Å². The molecule has 2 aliphatic rings. The summed E-state index contributed by atoms with van der Waals surface area (Å²) in [5.41, 5.74) is -1.02. The summed E-state index contributed by atoms with van der Waals surface area (Å²) in [4.78, 5) is 50.6. The number of carbonyl (C=O) groups excluding carboxylic acids is 3. The van der Waals surface area contributed by atoms with E-state index in [1.807, 2.05) is 0 Å². The molecular weight excluding hydrogens is 276 g/mol. The van der Waals surface area contributed by atoms with Crippen LogP contribution in [0.2, 0.25) is 0 Å². The number of carbonyl (C=O) groups is 3. The maximum absolute atomic E-state index is 12.3. The molecule has 110 valence electrons. The van der Waals surface area contributed by atoms with Crippen LogP contribution in [0.3, 0.4) is 0 Å². The highest BCUT2D eigenvalue weighted by Gasteiger charge is 2.48. The van der Waals surface area contributed by atoms with Crippen LogP contribution in [0.5, 0.6) is 0 Å². The van der Waals surface area contributed by atoms with Crippen LogP contribution in [-0.4, -0.2) is 46.4 Å². The molecule has 0 bridgehead atoms. The Morgan fingerprint density at radius 2 is 1.86 bits per heavy atom. The summed E-state index contributed by atoms with van der Waals surface area (Å²) in [6.45, 7) is 0.674. The van der Waals surface area contributed by atoms with Crippen molar-refractivity contribution in [2.45, 2.75) is 18.4 Å². The summed E-state index contributed by atoms with van der Waals surface area (Å²) in [6, 6.07) is 3.90. The normalized spacial score (nSPS) is 20.3. The quantitative estimate of drug-likeness (QED) is 0.587. The van der Waals surface area contributed by atoms with E-state index in [9.17, 15) is 19.2 Å². The maximum atomic E-state index is 12.3. The van der Waals surface area contributed by atoms with Gasteiger partial charge in [-0.15, -0.1) is 0 Å². The lowest BCUT2D eigenvalue weighted by atomic mass is 9.87. The fourth-order valence-electron chi connectivity index (χ4n) is 2.71. The Hall–Kier alpha value is -2.64. The number of likely N-dealkylation sites (tertiary alicyclic amines) is 1. The predicted octanol–water partition coefficient (Wildman–Crippen LogP) is -0.811. The number of nitrogens with zero attached hydrogens (tertiary/aromatic N) is 1. The van der Waals surface area contributed by atoms with Gasteiger partial charge < -0.3 is 15.2 Å². The fraction of sp³-hybridized carbons (Fsp3) is 0.385. The van der Waals surface area contributed by atoms with Crippen molar-refractivity contribution in [1.29, 1.82) is 0 Å². The highest BCUT2D eigenvalue weighted by Crippen LogP contribution is 2.26. The summed E-state index contributed by atoms with van der Waals surface area (Å²) in [5.74, 6) is -0.625. The highest BCUT2D eigenvalue weighted by atomic mass is 16.2. The molecule has 3 rings (SSSR count). The van der Waals surface area contributed by atoms with Gasteiger partial charge in [-0.05, 0) is 18.9 Å². The Kier molecular flexibility index (Phi) is 3.00. The van der Waals surface area contributed by atoms with Crippen molar-refractivity contribution in [2.75, 3.05) is 13.1 Å². The van der Waals surface area contributed by atoms with Crippen molar-refractivity contribution >= 4 is 17.8 Å². The second-order valence-corrected chi connectivity index (χ2v) is 5.21. The third kappa shape index (κ3) is 2.28. The number of H-pyrrole nitrogens is 1. The lowest BCUT2D eigenvalue weighted by Gasteiger charge is -2.36. The molecule has 8 nitrogen and oxygen atoms in total. The van der Waals surface area contributed by atoms with Crippen molar-refractivity contribution in [3.63, 3.8) is 0 Å². The second-order valence-electron chi connectivity index (χ2n) is 5.21. The molecule has 0 atom stereocenters. The van der Waals surface area contributed by atoms with Crippen LogP contribution >= 0.6 is 0 Å². The van der Waals surface area contributed by atoms with Gasteiger partial charge in [0.2, 0.25) is 5.56 Å². The Morgan fingerprint density at radius 3 is 2.43 bits per heavy atom. The van der Waals surface area contributed by atoms with Gasteiger partial charge in [0.25, 0.3) is 11.8 Å². The molecule has 8 heteroatoms. The summed E-state index contributed by atoms with van der Waals surface area (Å²) < 4.78 is 0. The third-order valence-corrected chi connectivity index (χ3v) is 3.92. The van der Waals surface area contributed by atoms with Gasteiger partial charge in [-0.25, -0.2) is 4.79 Å². The van der Waals surface area contributed by atoms with Crippen molar-refractivity contribution in [3.05, 3.63) is 34.2 Å². The minimum Gasteiger partial charge on any atom is -0.337 e. The van der Waals surface area contributed by atoms with Gasteiger partial charge in [-0.2, -0.15) is 0 Å². The molecule has 3 N–H and O–H groups in total. The third-order valence-electron chi connectivity index (χ3n) is 3.92. The SMILES string of the molecule is O=C1NC(=O)C2(CCN(C(=O)c3cccc(=O)[nH]3)CC2)N1.